The Hall–Kier alpha value is -8.70. The molecule has 21 nitrogen and oxygen atoms in total. The number of ether oxygens (including phenoxy) is 2. The lowest BCUT2D eigenvalue weighted by molar-refractivity contribution is 0.214. The van der Waals surface area contributed by atoms with E-state index in [4.69, 9.17) is 65.2 Å². The number of aliphatic hydroxyl groups excluding tert-OH is 2. The lowest BCUT2D eigenvalue weighted by atomic mass is 9.96. The summed E-state index contributed by atoms with van der Waals surface area (Å²) < 4.78 is 21.7. The van der Waals surface area contributed by atoms with E-state index in [0.29, 0.717) is 36.5 Å². The number of aliphatic hydroxyl groups is 2. The van der Waals surface area contributed by atoms with Crippen LogP contribution in [0.5, 0.6) is 11.5 Å². The topological polar surface area (TPSA) is 241 Å². The Labute approximate surface area is 505 Å². The number of halogens is 3. The molecular weight excluding hydrogens is 1140 g/mol. The van der Waals surface area contributed by atoms with Crippen LogP contribution < -0.4 is 20.5 Å². The molecule has 0 radical (unpaired) electrons. The maximum atomic E-state index is 9.74. The van der Waals surface area contributed by atoms with Gasteiger partial charge in [-0.2, -0.15) is 5.10 Å². The molecule has 14 rings (SSSR count). The van der Waals surface area contributed by atoms with Crippen molar-refractivity contribution < 1.29 is 19.7 Å². The fourth-order valence-electron chi connectivity index (χ4n) is 10.1. The first kappa shape index (κ1) is 59.5. The highest BCUT2D eigenvalue weighted by molar-refractivity contribution is 6.34. The number of benzene rings is 3. The predicted octanol–water partition coefficient (Wildman–Crippen LogP) is 10.1. The van der Waals surface area contributed by atoms with Gasteiger partial charge in [0.1, 0.15) is 29.2 Å². The van der Waals surface area contributed by atoms with Gasteiger partial charge in [0.25, 0.3) is 0 Å². The largest absolute Gasteiger partial charge is 0.497 e. The third-order valence-corrected chi connectivity index (χ3v) is 15.0. The van der Waals surface area contributed by atoms with Crippen molar-refractivity contribution in [1.82, 2.24) is 77.8 Å². The Morgan fingerprint density at radius 2 is 1.12 bits per heavy atom. The molecule has 3 aromatic carbocycles. The molecule has 1 saturated heterocycles. The number of fused-ring (bicyclic) bond motifs is 3. The minimum absolute atomic E-state index is 0.152. The van der Waals surface area contributed by atoms with Crippen molar-refractivity contribution in [3.05, 3.63) is 215 Å². The van der Waals surface area contributed by atoms with Gasteiger partial charge < -0.3 is 44.4 Å². The van der Waals surface area contributed by atoms with Gasteiger partial charge >= 0.3 is 0 Å². The van der Waals surface area contributed by atoms with Gasteiger partial charge in [0, 0.05) is 80.2 Å². The van der Waals surface area contributed by atoms with Gasteiger partial charge in [0.2, 0.25) is 10.6 Å². The quantitative estimate of drug-likeness (QED) is 0.0890. The van der Waals surface area contributed by atoms with Crippen molar-refractivity contribution in [3.8, 4) is 28.6 Å². The molecule has 1 aliphatic heterocycles. The number of aryl methyl sites for hydroxylation is 1. The third-order valence-electron chi connectivity index (χ3n) is 14.4. The average Bonchev–Trinajstić information content (AvgIpc) is 3.25. The van der Waals surface area contributed by atoms with Crippen molar-refractivity contribution >= 4 is 57.2 Å². The summed E-state index contributed by atoms with van der Waals surface area (Å²) in [5.41, 5.74) is 16.1. The molecule has 0 spiro atoms. The average molecular weight is 1210 g/mol. The molecule has 24 heteroatoms. The van der Waals surface area contributed by atoms with Crippen LogP contribution in [0.3, 0.4) is 0 Å². The monoisotopic (exact) mass is 1200 g/mol. The second-order valence-corrected chi connectivity index (χ2v) is 21.3. The molecule has 3 atom stereocenters. The summed E-state index contributed by atoms with van der Waals surface area (Å²) >= 11 is 17.3. The fourth-order valence-corrected chi connectivity index (χ4v) is 10.7. The summed E-state index contributed by atoms with van der Waals surface area (Å²) in [6, 6.07) is 35.8. The highest BCUT2D eigenvalue weighted by Gasteiger charge is 2.31. The van der Waals surface area contributed by atoms with Crippen LogP contribution in [-0.2, 0) is 12.8 Å². The van der Waals surface area contributed by atoms with Crippen LogP contribution in [0.2, 0.25) is 15.7 Å². The molecule has 1 saturated carbocycles. The molecule has 1 aliphatic carbocycles. The van der Waals surface area contributed by atoms with Crippen molar-refractivity contribution in [1.29, 1.82) is 0 Å². The number of nitrogens with one attached hydrogen (secondary N) is 1. The van der Waals surface area contributed by atoms with E-state index >= 15 is 0 Å². The molecule has 2 fully saturated rings. The van der Waals surface area contributed by atoms with Crippen LogP contribution in [0.25, 0.3) is 33.6 Å². The number of hydrogen-bond acceptors (Lipinski definition) is 15. The van der Waals surface area contributed by atoms with Crippen LogP contribution in [0.4, 0.5) is 5.82 Å². The van der Waals surface area contributed by atoms with E-state index in [2.05, 4.69) is 59.5 Å². The van der Waals surface area contributed by atoms with E-state index in [9.17, 15) is 5.11 Å². The Morgan fingerprint density at radius 3 is 1.66 bits per heavy atom. The highest BCUT2D eigenvalue weighted by Crippen LogP contribution is 2.38. The number of anilines is 1. The second kappa shape index (κ2) is 28.3. The summed E-state index contributed by atoms with van der Waals surface area (Å²) in [5, 5.41) is 34.9. The summed E-state index contributed by atoms with van der Waals surface area (Å²) in [6.45, 7) is 3.65. The van der Waals surface area contributed by atoms with Crippen LogP contribution in [0.1, 0.15) is 72.2 Å². The molecule has 438 valence electrons. The third kappa shape index (κ3) is 15.2. The van der Waals surface area contributed by atoms with Gasteiger partial charge in [0.15, 0.2) is 11.0 Å². The standard InChI is InChI=1S/C23H25N5O2.C17H14ClN5O.C10H11N3.C6H3Cl2N3.C5H11NO/c1-30-19-7-3-6-18(12-19)27-13-17(24-15-27)11-21-22-9-4-10-28(22)26-23(25-21)20-8-2-5-16(20)14-29;1-24-14-5-2-4-13(9-14)22-10-12(19-11-22)8-15-16-6-3-7-23(16)21-17(18)20-15;1-8-3-2-4-9(5-8)13-6-10(11)12-7-13;7-5-4-2-1-3-11(4)10-6(8)9-5;7-4-5-2-1-3-6-5/h3-4,6-7,9-10,12-13,15-16,20,29H,2,5,8,11,14H2,1H3;2-7,9-11H,8H2,1H3;2-7H,11H2,1H3;1-3H;5-7H,1-4H2/t16-,20?;;;;5-/m0...0/s1. The zero-order valence-corrected chi connectivity index (χ0v) is 49.3. The van der Waals surface area contributed by atoms with Gasteiger partial charge in [-0.25, -0.2) is 43.5 Å². The van der Waals surface area contributed by atoms with Gasteiger partial charge in [0.05, 0.1) is 84.9 Å². The first-order chi connectivity index (χ1) is 41.4. The Balaban J connectivity index is 0.000000129. The number of nitrogen functional groups attached to an aromatic ring is 1. The number of imidazole rings is 3. The molecule has 10 heterocycles. The molecule has 9 aromatic heterocycles. The summed E-state index contributed by atoms with van der Waals surface area (Å²) in [6.07, 6.45) is 23.4. The van der Waals surface area contributed by atoms with Crippen molar-refractivity contribution in [2.75, 3.05) is 39.7 Å². The fraction of sp³-hybridized carbons (Fsp3) is 0.262. The SMILES string of the molecule is COc1cccc(-n2cnc(Cc3nc(C4CCC[C@H]4CO)nn4cccc34)c2)c1.COc1cccc(-n2cnc(Cc3nc(Cl)nn4cccc34)c2)c1.Cc1cccc(-n2cnc(N)c2)c1.Clc1nc(Cl)c2cccn2n1.OC[C@@H]1CCCN1. The second-order valence-electron chi connectivity index (χ2n) is 20.2. The zero-order chi connectivity index (χ0) is 59.2. The van der Waals surface area contributed by atoms with E-state index in [-0.39, 0.29) is 29.0 Å². The molecule has 1 unspecified atom stereocenters. The van der Waals surface area contributed by atoms with E-state index in [1.165, 1.54) is 12.0 Å². The normalized spacial score (nSPS) is 15.3. The van der Waals surface area contributed by atoms with Crippen molar-refractivity contribution in [3.63, 3.8) is 0 Å². The number of aromatic nitrogens is 15. The Kier molecular flexibility index (Phi) is 19.8. The van der Waals surface area contributed by atoms with Gasteiger partial charge in [-0.15, -0.1) is 10.2 Å². The van der Waals surface area contributed by atoms with Crippen LogP contribution in [0, 0.1) is 12.8 Å². The van der Waals surface area contributed by atoms with Crippen LogP contribution in [-0.4, -0.2) is 123 Å². The van der Waals surface area contributed by atoms with Crippen molar-refractivity contribution in [2.45, 2.75) is 63.8 Å². The summed E-state index contributed by atoms with van der Waals surface area (Å²) in [7, 11) is 3.32. The molecule has 12 aromatic rings. The highest BCUT2D eigenvalue weighted by atomic mass is 35.5. The number of nitrogens with two attached hydrogens (primary N) is 1. The minimum atomic E-state index is 0.152. The molecule has 0 amide bonds. The van der Waals surface area contributed by atoms with E-state index in [1.807, 2.05) is 146 Å². The van der Waals surface area contributed by atoms with Crippen LogP contribution >= 0.6 is 34.8 Å². The lowest BCUT2D eigenvalue weighted by Gasteiger charge is -2.17. The first-order valence-corrected chi connectivity index (χ1v) is 28.7. The Bertz CT molecular complexity index is 4110. The molecular formula is C61H64Cl3N17O4. The van der Waals surface area contributed by atoms with Gasteiger partial charge in [-0.1, -0.05) is 42.3 Å². The van der Waals surface area contributed by atoms with Gasteiger partial charge in [-0.3, -0.25) is 0 Å². The first-order valence-electron chi connectivity index (χ1n) is 27.6. The molecule has 85 heavy (non-hydrogen) atoms. The predicted molar refractivity (Wildman–Crippen MR) is 328 cm³/mol. The van der Waals surface area contributed by atoms with Crippen LogP contribution in [0.15, 0.2) is 165 Å². The maximum absolute atomic E-state index is 9.74. The number of nitrogens with zero attached hydrogens (tertiary/aromatic N) is 15. The van der Waals surface area contributed by atoms with E-state index < -0.39 is 0 Å². The van der Waals surface area contributed by atoms with Gasteiger partial charge in [-0.05, 0) is 147 Å². The van der Waals surface area contributed by atoms with E-state index in [1.54, 1.807) is 48.3 Å². The van der Waals surface area contributed by atoms with Crippen molar-refractivity contribution in [2.24, 2.45) is 5.92 Å². The zero-order valence-electron chi connectivity index (χ0n) is 47.0. The summed E-state index contributed by atoms with van der Waals surface area (Å²) in [4.78, 5) is 26.1. The van der Waals surface area contributed by atoms with E-state index in [0.717, 1.165) is 106 Å². The summed E-state index contributed by atoms with van der Waals surface area (Å²) in [5.74, 6) is 3.46. The maximum Gasteiger partial charge on any atom is 0.242 e. The molecule has 5 N–H and O–H groups in total. The molecule has 2 aliphatic rings. The molecule has 0 bridgehead atoms. The minimum Gasteiger partial charge on any atom is -0.497 e. The number of rotatable bonds is 12. The smallest absolute Gasteiger partial charge is 0.242 e. The Morgan fingerprint density at radius 1 is 0.576 bits per heavy atom. The number of methoxy groups -OCH3 is 2. The lowest BCUT2D eigenvalue weighted by Crippen LogP contribution is -2.24. The number of hydrogen-bond donors (Lipinski definition) is 4.